The van der Waals surface area contributed by atoms with Gasteiger partial charge in [0.05, 0.1) is 24.1 Å². The monoisotopic (exact) mass is 368 g/mol. The second-order valence-electron chi connectivity index (χ2n) is 7.19. The number of nitrogens with one attached hydrogen (secondary N) is 2. The number of aryl methyl sites for hydroxylation is 1. The lowest BCUT2D eigenvalue weighted by molar-refractivity contribution is -0.118. The Morgan fingerprint density at radius 3 is 2.74 bits per heavy atom. The Balaban J connectivity index is 1.51. The molecule has 0 radical (unpaired) electrons. The smallest absolute Gasteiger partial charge is 0.263 e. The van der Waals surface area contributed by atoms with E-state index in [-0.39, 0.29) is 24.7 Å². The normalized spacial score (nSPS) is 21.9. The van der Waals surface area contributed by atoms with E-state index in [1.165, 1.54) is 5.69 Å². The zero-order chi connectivity index (χ0) is 19.0. The van der Waals surface area contributed by atoms with Gasteiger partial charge in [0.15, 0.2) is 18.2 Å². The van der Waals surface area contributed by atoms with Crippen LogP contribution >= 0.6 is 0 Å². The second kappa shape index (κ2) is 7.08. The van der Waals surface area contributed by atoms with Crippen LogP contribution in [0.2, 0.25) is 0 Å². The van der Waals surface area contributed by atoms with Crippen LogP contribution in [-0.2, 0) is 9.53 Å². The third-order valence-electron chi connectivity index (χ3n) is 4.74. The van der Waals surface area contributed by atoms with E-state index >= 15 is 0 Å². The van der Waals surface area contributed by atoms with Gasteiger partial charge < -0.3 is 25.0 Å². The van der Waals surface area contributed by atoms with Crippen molar-refractivity contribution in [1.82, 2.24) is 4.98 Å². The maximum absolute atomic E-state index is 11.3. The van der Waals surface area contributed by atoms with Crippen LogP contribution in [0.1, 0.15) is 19.4 Å². The summed E-state index contributed by atoms with van der Waals surface area (Å²) < 4.78 is 11.3. The molecule has 1 aromatic carbocycles. The molecule has 2 aliphatic rings. The lowest BCUT2D eigenvalue weighted by Gasteiger charge is -2.37. The van der Waals surface area contributed by atoms with Gasteiger partial charge in [0, 0.05) is 30.5 Å². The fourth-order valence-corrected chi connectivity index (χ4v) is 3.56. The van der Waals surface area contributed by atoms with Crippen molar-refractivity contribution in [2.45, 2.75) is 33.0 Å². The number of hydrogen-bond acceptors (Lipinski definition) is 6. The minimum atomic E-state index is -0.186. The number of pyridine rings is 1. The summed E-state index contributed by atoms with van der Waals surface area (Å²) in [6.07, 6.45) is 2.15. The fourth-order valence-electron chi connectivity index (χ4n) is 3.56. The molecular weight excluding hydrogens is 344 g/mol. The summed E-state index contributed by atoms with van der Waals surface area (Å²) in [5, 5.41) is 6.08. The number of morpholine rings is 1. The van der Waals surface area contributed by atoms with E-state index in [2.05, 4.69) is 59.5 Å². The van der Waals surface area contributed by atoms with E-state index < -0.39 is 0 Å². The lowest BCUT2D eigenvalue weighted by atomic mass is 10.1. The molecule has 1 fully saturated rings. The molecule has 0 saturated carbocycles. The minimum absolute atomic E-state index is 0.0161. The number of rotatable bonds is 3. The molecule has 2 aliphatic heterocycles. The van der Waals surface area contributed by atoms with Crippen molar-refractivity contribution in [3.63, 3.8) is 0 Å². The first-order valence-corrected chi connectivity index (χ1v) is 9.19. The third kappa shape index (κ3) is 3.83. The molecular formula is C20H24N4O3. The minimum Gasteiger partial charge on any atom is -0.480 e. The number of carbonyl (C=O) groups excluding carboxylic acids is 1. The van der Waals surface area contributed by atoms with Crippen molar-refractivity contribution in [3.8, 4) is 5.75 Å². The van der Waals surface area contributed by atoms with Crippen molar-refractivity contribution in [1.29, 1.82) is 0 Å². The summed E-state index contributed by atoms with van der Waals surface area (Å²) in [5.74, 6) is 0.846. The molecule has 4 rings (SSSR count). The van der Waals surface area contributed by atoms with Crippen molar-refractivity contribution in [2.24, 2.45) is 0 Å². The molecule has 7 nitrogen and oxygen atoms in total. The maximum Gasteiger partial charge on any atom is 0.263 e. The van der Waals surface area contributed by atoms with Crippen molar-refractivity contribution >= 4 is 28.8 Å². The standard InChI is InChI=1S/C20H24N4O3/c1-12-6-16(24-9-13(2)27-14(3)10-24)4-5-17(12)22-15-7-18-20(21-8-15)23-19(25)11-26-18/h4-8,13-14,22H,9-11H2,1-3H3,(H,21,23,25). The molecule has 1 saturated heterocycles. The highest BCUT2D eigenvalue weighted by atomic mass is 16.5. The number of nitrogens with zero attached hydrogens (tertiary/aromatic N) is 2. The summed E-state index contributed by atoms with van der Waals surface area (Å²) in [6, 6.07) is 8.25. The van der Waals surface area contributed by atoms with E-state index in [1.54, 1.807) is 6.20 Å². The van der Waals surface area contributed by atoms with E-state index in [9.17, 15) is 4.79 Å². The quantitative estimate of drug-likeness (QED) is 0.867. The van der Waals surface area contributed by atoms with Crippen molar-refractivity contribution in [2.75, 3.05) is 35.2 Å². The molecule has 2 unspecified atom stereocenters. The highest BCUT2D eigenvalue weighted by molar-refractivity contribution is 5.94. The number of anilines is 4. The molecule has 0 bridgehead atoms. The SMILES string of the molecule is Cc1cc(N2CC(C)OC(C)C2)ccc1Nc1cnc2c(c1)OCC(=O)N2. The average Bonchev–Trinajstić information content (AvgIpc) is 2.62. The first-order valence-electron chi connectivity index (χ1n) is 9.19. The van der Waals surface area contributed by atoms with Gasteiger partial charge in [-0.25, -0.2) is 4.98 Å². The van der Waals surface area contributed by atoms with Gasteiger partial charge in [-0.3, -0.25) is 4.79 Å². The van der Waals surface area contributed by atoms with Crippen LogP contribution in [-0.4, -0.2) is 42.8 Å². The first-order chi connectivity index (χ1) is 13.0. The van der Waals surface area contributed by atoms with Crippen LogP contribution in [0.5, 0.6) is 5.75 Å². The zero-order valence-electron chi connectivity index (χ0n) is 15.8. The highest BCUT2D eigenvalue weighted by Crippen LogP contribution is 2.31. The Morgan fingerprint density at radius 2 is 2.00 bits per heavy atom. The predicted molar refractivity (Wildman–Crippen MR) is 105 cm³/mol. The van der Waals surface area contributed by atoms with Gasteiger partial charge in [-0.1, -0.05) is 0 Å². The number of aromatic nitrogens is 1. The summed E-state index contributed by atoms with van der Waals surface area (Å²) in [5.41, 5.74) is 4.17. The number of amides is 1. The molecule has 0 spiro atoms. The molecule has 2 N–H and O–H groups in total. The molecule has 2 atom stereocenters. The second-order valence-corrected chi connectivity index (χ2v) is 7.19. The number of benzene rings is 1. The average molecular weight is 368 g/mol. The number of carbonyl (C=O) groups is 1. The maximum atomic E-state index is 11.3. The van der Waals surface area contributed by atoms with Gasteiger partial charge in [0.25, 0.3) is 5.91 Å². The Hall–Kier alpha value is -2.80. The fraction of sp³-hybridized carbons (Fsp3) is 0.400. The van der Waals surface area contributed by atoms with Crippen LogP contribution in [0.4, 0.5) is 22.9 Å². The molecule has 3 heterocycles. The van der Waals surface area contributed by atoms with Gasteiger partial charge in [-0.15, -0.1) is 0 Å². The Labute approximate surface area is 158 Å². The molecule has 0 aliphatic carbocycles. The Morgan fingerprint density at radius 1 is 1.22 bits per heavy atom. The van der Waals surface area contributed by atoms with E-state index in [4.69, 9.17) is 9.47 Å². The van der Waals surface area contributed by atoms with Gasteiger partial charge >= 0.3 is 0 Å². The molecule has 7 heteroatoms. The summed E-state index contributed by atoms with van der Waals surface area (Å²) in [4.78, 5) is 18.0. The summed E-state index contributed by atoms with van der Waals surface area (Å²) in [6.45, 7) is 8.12. The van der Waals surface area contributed by atoms with Gasteiger partial charge in [-0.05, 0) is 44.5 Å². The Kier molecular flexibility index (Phi) is 4.61. The van der Waals surface area contributed by atoms with E-state index in [1.807, 2.05) is 6.07 Å². The molecule has 1 aromatic heterocycles. The highest BCUT2D eigenvalue weighted by Gasteiger charge is 2.23. The van der Waals surface area contributed by atoms with Crippen LogP contribution in [0, 0.1) is 6.92 Å². The molecule has 1 amide bonds. The predicted octanol–water partition coefficient (Wildman–Crippen LogP) is 3.08. The van der Waals surface area contributed by atoms with E-state index in [0.717, 1.165) is 30.0 Å². The number of ether oxygens (including phenoxy) is 2. The largest absolute Gasteiger partial charge is 0.480 e. The van der Waals surface area contributed by atoms with Crippen molar-refractivity contribution in [3.05, 3.63) is 36.0 Å². The lowest BCUT2D eigenvalue weighted by Crippen LogP contribution is -2.45. The van der Waals surface area contributed by atoms with Crippen LogP contribution < -0.4 is 20.3 Å². The van der Waals surface area contributed by atoms with Crippen LogP contribution in [0.25, 0.3) is 0 Å². The molecule has 2 aromatic rings. The zero-order valence-corrected chi connectivity index (χ0v) is 15.8. The van der Waals surface area contributed by atoms with Crippen LogP contribution in [0.3, 0.4) is 0 Å². The van der Waals surface area contributed by atoms with Gasteiger partial charge in [0.1, 0.15) is 0 Å². The third-order valence-corrected chi connectivity index (χ3v) is 4.74. The topological polar surface area (TPSA) is 75.7 Å². The Bertz CT molecular complexity index is 860. The van der Waals surface area contributed by atoms with Crippen molar-refractivity contribution < 1.29 is 14.3 Å². The number of fused-ring (bicyclic) bond motifs is 1. The van der Waals surface area contributed by atoms with Gasteiger partial charge in [-0.2, -0.15) is 0 Å². The van der Waals surface area contributed by atoms with Crippen LogP contribution in [0.15, 0.2) is 30.5 Å². The molecule has 142 valence electrons. The summed E-state index contributed by atoms with van der Waals surface area (Å²) in [7, 11) is 0. The van der Waals surface area contributed by atoms with E-state index in [0.29, 0.717) is 11.6 Å². The first kappa shape index (κ1) is 17.6. The van der Waals surface area contributed by atoms with Gasteiger partial charge in [0.2, 0.25) is 0 Å². The summed E-state index contributed by atoms with van der Waals surface area (Å²) >= 11 is 0. The molecule has 27 heavy (non-hydrogen) atoms. The number of hydrogen-bond donors (Lipinski definition) is 2.